The Kier molecular flexibility index (Phi) is 6.01. The molecule has 1 aromatic carbocycles. The van der Waals surface area contributed by atoms with Gasteiger partial charge in [-0.15, -0.1) is 0 Å². The summed E-state index contributed by atoms with van der Waals surface area (Å²) in [5, 5.41) is 10.7. The second kappa shape index (κ2) is 8.47. The number of nitriles is 1. The maximum Gasteiger partial charge on any atom is 0.494 e. The lowest BCUT2D eigenvalue weighted by Gasteiger charge is -2.32. The van der Waals surface area contributed by atoms with Crippen LogP contribution in [-0.4, -0.2) is 54.4 Å². The van der Waals surface area contributed by atoms with Crippen LogP contribution in [0.1, 0.15) is 51.7 Å². The Morgan fingerprint density at radius 2 is 1.91 bits per heavy atom. The number of ether oxygens (including phenoxy) is 1. The van der Waals surface area contributed by atoms with Gasteiger partial charge in [-0.2, -0.15) is 5.26 Å². The van der Waals surface area contributed by atoms with Crippen LogP contribution < -0.4 is 5.46 Å². The van der Waals surface area contributed by atoms with E-state index in [0.29, 0.717) is 12.1 Å². The highest BCUT2D eigenvalue weighted by atomic mass is 16.7. The van der Waals surface area contributed by atoms with Crippen LogP contribution in [0.3, 0.4) is 0 Å². The van der Waals surface area contributed by atoms with Gasteiger partial charge in [0.05, 0.1) is 35.3 Å². The number of nitrogens with zero attached hydrogens (tertiary/aromatic N) is 3. The number of piperidine rings is 1. The molecule has 3 heterocycles. The van der Waals surface area contributed by atoms with Gasteiger partial charge in [0.2, 0.25) is 0 Å². The van der Waals surface area contributed by atoms with E-state index in [-0.39, 0.29) is 11.9 Å². The number of esters is 1. The van der Waals surface area contributed by atoms with Crippen LogP contribution in [0.25, 0.3) is 10.9 Å². The van der Waals surface area contributed by atoms with E-state index < -0.39 is 18.3 Å². The number of benzene rings is 1. The smallest absolute Gasteiger partial charge is 0.469 e. The summed E-state index contributed by atoms with van der Waals surface area (Å²) < 4.78 is 17.4. The van der Waals surface area contributed by atoms with Crippen molar-refractivity contribution in [3.8, 4) is 6.07 Å². The first-order valence-electron chi connectivity index (χ1n) is 11.1. The van der Waals surface area contributed by atoms with E-state index in [9.17, 15) is 10.1 Å². The SMILES string of the molecule is COC(=O)C1CCN(Cc2c(C#N)cnc3ccc(B4OC(C)(C)C(C)(C)O4)cc23)CC1. The molecule has 0 saturated carbocycles. The molecule has 0 aliphatic carbocycles. The molecule has 8 heteroatoms. The molecule has 0 radical (unpaired) electrons. The normalized spacial score (nSPS) is 20.9. The quantitative estimate of drug-likeness (QED) is 0.539. The molecule has 7 nitrogen and oxygen atoms in total. The Bertz CT molecular complexity index is 1050. The lowest BCUT2D eigenvalue weighted by atomic mass is 9.78. The molecular formula is C24H30BN3O4. The number of pyridine rings is 1. The highest BCUT2D eigenvalue weighted by Gasteiger charge is 2.51. The number of carbonyl (C=O) groups is 1. The third kappa shape index (κ3) is 4.13. The van der Waals surface area contributed by atoms with E-state index >= 15 is 0 Å². The van der Waals surface area contributed by atoms with E-state index in [0.717, 1.165) is 47.9 Å². The summed E-state index contributed by atoms with van der Waals surface area (Å²) in [4.78, 5) is 18.6. The predicted molar refractivity (Wildman–Crippen MR) is 122 cm³/mol. The molecular weight excluding hydrogens is 405 g/mol. The monoisotopic (exact) mass is 435 g/mol. The maximum absolute atomic E-state index is 11.8. The minimum atomic E-state index is -0.473. The number of methoxy groups -OCH3 is 1. The van der Waals surface area contributed by atoms with Crippen molar-refractivity contribution in [1.82, 2.24) is 9.88 Å². The van der Waals surface area contributed by atoms with Crippen molar-refractivity contribution in [2.24, 2.45) is 5.92 Å². The Morgan fingerprint density at radius 1 is 1.25 bits per heavy atom. The fourth-order valence-electron chi connectivity index (χ4n) is 4.37. The molecule has 2 aliphatic rings. The van der Waals surface area contributed by atoms with Gasteiger partial charge in [-0.3, -0.25) is 14.7 Å². The minimum Gasteiger partial charge on any atom is -0.469 e. The molecule has 2 aliphatic heterocycles. The Hall–Kier alpha value is -2.47. The van der Waals surface area contributed by atoms with Gasteiger partial charge >= 0.3 is 13.1 Å². The zero-order valence-electron chi connectivity index (χ0n) is 19.5. The molecule has 2 aromatic rings. The van der Waals surface area contributed by atoms with Crippen molar-refractivity contribution in [3.05, 3.63) is 35.5 Å². The summed E-state index contributed by atoms with van der Waals surface area (Å²) in [6.45, 7) is 10.3. The predicted octanol–water partition coefficient (Wildman–Crippen LogP) is 2.79. The van der Waals surface area contributed by atoms with Crippen molar-refractivity contribution in [1.29, 1.82) is 5.26 Å². The second-order valence-corrected chi connectivity index (χ2v) is 9.70. The molecule has 2 saturated heterocycles. The Balaban J connectivity index is 1.63. The third-order valence-electron chi connectivity index (χ3n) is 7.15. The first-order valence-corrected chi connectivity index (χ1v) is 11.1. The summed E-state index contributed by atoms with van der Waals surface area (Å²) in [6.07, 6.45) is 3.17. The van der Waals surface area contributed by atoms with E-state index in [4.69, 9.17) is 14.0 Å². The van der Waals surface area contributed by atoms with Crippen LogP contribution in [0, 0.1) is 17.2 Å². The molecule has 0 unspecified atom stereocenters. The minimum absolute atomic E-state index is 0.0455. The molecule has 2 fully saturated rings. The van der Waals surface area contributed by atoms with Crippen molar-refractivity contribution in [3.63, 3.8) is 0 Å². The maximum atomic E-state index is 11.8. The van der Waals surface area contributed by atoms with Gasteiger partial charge in [0, 0.05) is 18.1 Å². The zero-order valence-corrected chi connectivity index (χ0v) is 19.5. The number of rotatable bonds is 4. The number of fused-ring (bicyclic) bond motifs is 1. The van der Waals surface area contributed by atoms with E-state index in [1.54, 1.807) is 6.20 Å². The number of hydrogen-bond donors (Lipinski definition) is 0. The van der Waals surface area contributed by atoms with E-state index in [1.807, 2.05) is 45.9 Å². The summed E-state index contributed by atoms with van der Waals surface area (Å²) in [5.74, 6) is -0.181. The molecule has 0 bridgehead atoms. The Morgan fingerprint density at radius 3 is 2.50 bits per heavy atom. The lowest BCUT2D eigenvalue weighted by Crippen LogP contribution is -2.41. The molecule has 4 rings (SSSR count). The highest BCUT2D eigenvalue weighted by Crippen LogP contribution is 2.36. The van der Waals surface area contributed by atoms with Crippen molar-refractivity contribution >= 4 is 29.5 Å². The molecule has 1 aromatic heterocycles. The summed E-state index contributed by atoms with van der Waals surface area (Å²) in [7, 11) is 0.966. The van der Waals surface area contributed by atoms with Crippen molar-refractivity contribution < 1.29 is 18.8 Å². The fourth-order valence-corrected chi connectivity index (χ4v) is 4.37. The van der Waals surface area contributed by atoms with Crippen LogP contribution >= 0.6 is 0 Å². The molecule has 0 amide bonds. The van der Waals surface area contributed by atoms with Gasteiger partial charge < -0.3 is 14.0 Å². The summed E-state index contributed by atoms with van der Waals surface area (Å²) >= 11 is 0. The number of hydrogen-bond acceptors (Lipinski definition) is 7. The summed E-state index contributed by atoms with van der Waals surface area (Å²) in [6, 6.07) is 8.29. The first-order chi connectivity index (χ1) is 15.1. The van der Waals surface area contributed by atoms with Gasteiger partial charge in [-0.1, -0.05) is 12.1 Å². The van der Waals surface area contributed by atoms with Crippen LogP contribution in [0.4, 0.5) is 0 Å². The molecule has 0 N–H and O–H groups in total. The van der Waals surface area contributed by atoms with Crippen LogP contribution in [-0.2, 0) is 25.4 Å². The van der Waals surface area contributed by atoms with Gasteiger partial charge in [-0.25, -0.2) is 0 Å². The highest BCUT2D eigenvalue weighted by molar-refractivity contribution is 6.62. The first kappa shape index (κ1) is 22.7. The van der Waals surface area contributed by atoms with Crippen molar-refractivity contribution in [2.45, 2.75) is 58.3 Å². The average Bonchev–Trinajstić information content (AvgIpc) is 3.00. The zero-order chi connectivity index (χ0) is 23.1. The van der Waals surface area contributed by atoms with Gasteiger partial charge in [-0.05, 0) is 70.7 Å². The number of likely N-dealkylation sites (tertiary alicyclic amines) is 1. The third-order valence-corrected chi connectivity index (χ3v) is 7.15. The summed E-state index contributed by atoms with van der Waals surface area (Å²) in [5.41, 5.74) is 2.42. The van der Waals surface area contributed by atoms with Crippen LogP contribution in [0.2, 0.25) is 0 Å². The standard InChI is InChI=1S/C24H30BN3O4/c1-23(2)24(3,4)32-25(31-23)18-6-7-21-19(12-18)20(17(13-26)14-27-21)15-28-10-8-16(9-11-28)22(29)30-5/h6-7,12,14,16H,8-11,15H2,1-5H3. The molecule has 0 spiro atoms. The molecule has 168 valence electrons. The van der Waals surface area contributed by atoms with Crippen molar-refractivity contribution in [2.75, 3.05) is 20.2 Å². The topological polar surface area (TPSA) is 84.7 Å². The average molecular weight is 435 g/mol. The van der Waals surface area contributed by atoms with Crippen LogP contribution in [0.5, 0.6) is 0 Å². The number of carbonyl (C=O) groups excluding carboxylic acids is 1. The van der Waals surface area contributed by atoms with Gasteiger partial charge in [0.1, 0.15) is 6.07 Å². The largest absolute Gasteiger partial charge is 0.494 e. The fraction of sp³-hybridized carbons (Fsp3) is 0.542. The van der Waals surface area contributed by atoms with Crippen LogP contribution in [0.15, 0.2) is 24.4 Å². The lowest BCUT2D eigenvalue weighted by molar-refractivity contribution is -0.147. The van der Waals surface area contributed by atoms with E-state index in [2.05, 4.69) is 16.0 Å². The van der Waals surface area contributed by atoms with E-state index in [1.165, 1.54) is 7.11 Å². The molecule has 32 heavy (non-hydrogen) atoms. The van der Waals surface area contributed by atoms with Gasteiger partial charge in [0.25, 0.3) is 0 Å². The second-order valence-electron chi connectivity index (χ2n) is 9.70. The van der Waals surface area contributed by atoms with Gasteiger partial charge in [0.15, 0.2) is 0 Å². The molecule has 0 atom stereocenters. The Labute approximate surface area is 189 Å². The number of aromatic nitrogens is 1.